The molecule has 0 amide bonds. The molecule has 0 fully saturated rings. The highest BCUT2D eigenvalue weighted by atomic mass is 16.6. The number of aryl methyl sites for hydroxylation is 1. The number of benzene rings is 2. The molecular formula is C15H17NO2. The largest absolute Gasteiger partial charge is 0.508 e. The van der Waals surface area contributed by atoms with Crippen molar-refractivity contribution < 1.29 is 9.94 Å². The third-order valence-corrected chi connectivity index (χ3v) is 2.61. The monoisotopic (exact) mass is 243 g/mol. The van der Waals surface area contributed by atoms with Gasteiger partial charge in [0.25, 0.3) is 0 Å². The Kier molecular flexibility index (Phi) is 4.61. The lowest BCUT2D eigenvalue weighted by atomic mass is 10.1. The predicted octanol–water partition coefficient (Wildman–Crippen LogP) is 3.37. The van der Waals surface area contributed by atoms with Crippen LogP contribution < -0.4 is 5.48 Å². The zero-order valence-electron chi connectivity index (χ0n) is 10.2. The van der Waals surface area contributed by atoms with Crippen LogP contribution in [-0.4, -0.2) is 11.7 Å². The van der Waals surface area contributed by atoms with Crippen molar-refractivity contribution in [1.29, 1.82) is 0 Å². The molecule has 2 aromatic rings. The van der Waals surface area contributed by atoms with Crippen molar-refractivity contribution >= 4 is 5.69 Å². The van der Waals surface area contributed by atoms with Crippen LogP contribution in [0, 0.1) is 0 Å². The number of rotatable bonds is 6. The van der Waals surface area contributed by atoms with Crippen molar-refractivity contribution in [2.75, 3.05) is 12.1 Å². The van der Waals surface area contributed by atoms with E-state index >= 15 is 0 Å². The summed E-state index contributed by atoms with van der Waals surface area (Å²) >= 11 is 0. The Hall–Kier alpha value is -2.00. The quantitative estimate of drug-likeness (QED) is 0.464. The van der Waals surface area contributed by atoms with Crippen molar-refractivity contribution in [3.05, 3.63) is 60.2 Å². The molecule has 0 unspecified atom stereocenters. The molecule has 0 radical (unpaired) electrons. The van der Waals surface area contributed by atoms with Gasteiger partial charge >= 0.3 is 0 Å². The Labute approximate surface area is 107 Å². The molecule has 0 aliphatic carbocycles. The van der Waals surface area contributed by atoms with Crippen LogP contribution in [0.5, 0.6) is 5.75 Å². The van der Waals surface area contributed by atoms with E-state index in [-0.39, 0.29) is 5.75 Å². The number of hydrogen-bond acceptors (Lipinski definition) is 3. The van der Waals surface area contributed by atoms with Crippen molar-refractivity contribution in [1.82, 2.24) is 0 Å². The molecule has 3 nitrogen and oxygen atoms in total. The molecule has 2 N–H and O–H groups in total. The normalized spacial score (nSPS) is 10.2. The van der Waals surface area contributed by atoms with Gasteiger partial charge in [0.15, 0.2) is 0 Å². The molecule has 0 aromatic heterocycles. The minimum Gasteiger partial charge on any atom is -0.508 e. The summed E-state index contributed by atoms with van der Waals surface area (Å²) in [5.74, 6) is 0.254. The van der Waals surface area contributed by atoms with Gasteiger partial charge < -0.3 is 5.11 Å². The molecular weight excluding hydrogens is 226 g/mol. The zero-order chi connectivity index (χ0) is 12.6. The first-order chi connectivity index (χ1) is 8.84. The standard InChI is InChI=1S/C15H17NO2/c17-15-10-8-14(9-11-15)16-18-12-4-7-13-5-2-1-3-6-13/h1-3,5-6,8-11,16-17H,4,7,12H2. The Morgan fingerprint density at radius 1 is 0.944 bits per heavy atom. The van der Waals surface area contributed by atoms with Crippen LogP contribution in [0.3, 0.4) is 0 Å². The predicted molar refractivity (Wildman–Crippen MR) is 72.4 cm³/mol. The summed E-state index contributed by atoms with van der Waals surface area (Å²) in [6.45, 7) is 0.649. The number of anilines is 1. The molecule has 0 heterocycles. The second-order valence-electron chi connectivity index (χ2n) is 4.09. The van der Waals surface area contributed by atoms with E-state index in [2.05, 4.69) is 17.6 Å². The maximum absolute atomic E-state index is 9.12. The Balaban J connectivity index is 1.63. The Morgan fingerprint density at radius 3 is 2.39 bits per heavy atom. The van der Waals surface area contributed by atoms with Crippen LogP contribution in [0.1, 0.15) is 12.0 Å². The van der Waals surface area contributed by atoms with Gasteiger partial charge in [0, 0.05) is 0 Å². The highest BCUT2D eigenvalue weighted by molar-refractivity contribution is 5.44. The second kappa shape index (κ2) is 6.67. The van der Waals surface area contributed by atoms with Crippen LogP contribution >= 0.6 is 0 Å². The second-order valence-corrected chi connectivity index (χ2v) is 4.09. The summed E-state index contributed by atoms with van der Waals surface area (Å²) in [6.07, 6.45) is 1.98. The first kappa shape index (κ1) is 12.5. The zero-order valence-corrected chi connectivity index (χ0v) is 10.2. The number of phenols is 1. The summed E-state index contributed by atoms with van der Waals surface area (Å²) in [4.78, 5) is 5.35. The molecule has 0 spiro atoms. The van der Waals surface area contributed by atoms with Gasteiger partial charge in [0.05, 0.1) is 12.3 Å². The first-order valence-corrected chi connectivity index (χ1v) is 6.05. The summed E-state index contributed by atoms with van der Waals surface area (Å²) in [5.41, 5.74) is 5.01. The van der Waals surface area contributed by atoms with Gasteiger partial charge in [0.2, 0.25) is 0 Å². The average molecular weight is 243 g/mol. The maximum atomic E-state index is 9.12. The summed E-state index contributed by atoms with van der Waals surface area (Å²) < 4.78 is 0. The minimum absolute atomic E-state index is 0.254. The summed E-state index contributed by atoms with van der Waals surface area (Å²) in [5, 5.41) is 9.12. The van der Waals surface area contributed by atoms with Gasteiger partial charge in [-0.1, -0.05) is 30.3 Å². The third-order valence-electron chi connectivity index (χ3n) is 2.61. The van der Waals surface area contributed by atoms with E-state index in [4.69, 9.17) is 9.94 Å². The highest BCUT2D eigenvalue weighted by Crippen LogP contribution is 2.13. The van der Waals surface area contributed by atoms with Gasteiger partial charge in [-0.15, -0.1) is 0 Å². The first-order valence-electron chi connectivity index (χ1n) is 6.05. The smallest absolute Gasteiger partial charge is 0.115 e. The summed E-state index contributed by atoms with van der Waals surface area (Å²) in [7, 11) is 0. The molecule has 0 bridgehead atoms. The lowest BCUT2D eigenvalue weighted by Gasteiger charge is -2.07. The number of nitrogens with one attached hydrogen (secondary N) is 1. The fourth-order valence-electron chi connectivity index (χ4n) is 1.66. The lowest BCUT2D eigenvalue weighted by Crippen LogP contribution is -2.03. The highest BCUT2D eigenvalue weighted by Gasteiger charge is 1.94. The number of hydrogen-bond donors (Lipinski definition) is 2. The number of phenolic OH excluding ortho intramolecular Hbond substituents is 1. The molecule has 18 heavy (non-hydrogen) atoms. The van der Waals surface area contributed by atoms with E-state index in [9.17, 15) is 0 Å². The van der Waals surface area contributed by atoms with Gasteiger partial charge in [-0.25, -0.2) is 0 Å². The van der Waals surface area contributed by atoms with Crippen molar-refractivity contribution in [3.63, 3.8) is 0 Å². The molecule has 2 rings (SSSR count). The summed E-state index contributed by atoms with van der Waals surface area (Å²) in [6, 6.07) is 17.1. The van der Waals surface area contributed by atoms with Crippen LogP contribution in [-0.2, 0) is 11.3 Å². The molecule has 3 heteroatoms. The molecule has 0 saturated heterocycles. The Morgan fingerprint density at radius 2 is 1.67 bits per heavy atom. The van der Waals surface area contributed by atoms with Crippen LogP contribution in [0.25, 0.3) is 0 Å². The molecule has 0 aliphatic rings. The maximum Gasteiger partial charge on any atom is 0.115 e. The molecule has 0 saturated carbocycles. The van der Waals surface area contributed by atoms with Gasteiger partial charge in [-0.2, -0.15) is 0 Å². The Bertz CT molecular complexity index is 454. The fraction of sp³-hybridized carbons (Fsp3) is 0.200. The van der Waals surface area contributed by atoms with Crippen LogP contribution in [0.2, 0.25) is 0 Å². The molecule has 0 atom stereocenters. The molecule has 94 valence electrons. The lowest BCUT2D eigenvalue weighted by molar-refractivity contribution is 0.190. The molecule has 0 aliphatic heterocycles. The molecule has 2 aromatic carbocycles. The SMILES string of the molecule is Oc1ccc(NOCCCc2ccccc2)cc1. The van der Waals surface area contributed by atoms with E-state index in [0.29, 0.717) is 6.61 Å². The topological polar surface area (TPSA) is 41.5 Å². The fourth-order valence-corrected chi connectivity index (χ4v) is 1.66. The van der Waals surface area contributed by atoms with E-state index in [0.717, 1.165) is 18.5 Å². The van der Waals surface area contributed by atoms with Crippen LogP contribution in [0.4, 0.5) is 5.69 Å². The van der Waals surface area contributed by atoms with Gasteiger partial charge in [0.1, 0.15) is 5.75 Å². The van der Waals surface area contributed by atoms with Crippen LogP contribution in [0.15, 0.2) is 54.6 Å². The van der Waals surface area contributed by atoms with E-state index in [1.54, 1.807) is 24.3 Å². The number of aromatic hydroxyl groups is 1. The minimum atomic E-state index is 0.254. The average Bonchev–Trinajstić information content (AvgIpc) is 2.42. The third kappa shape index (κ3) is 4.11. The van der Waals surface area contributed by atoms with E-state index in [1.807, 2.05) is 18.2 Å². The van der Waals surface area contributed by atoms with Crippen molar-refractivity contribution in [3.8, 4) is 5.75 Å². The van der Waals surface area contributed by atoms with Crippen molar-refractivity contribution in [2.24, 2.45) is 0 Å². The van der Waals surface area contributed by atoms with E-state index in [1.165, 1.54) is 5.56 Å². The van der Waals surface area contributed by atoms with Gasteiger partial charge in [-0.05, 0) is 42.7 Å². The van der Waals surface area contributed by atoms with Gasteiger partial charge in [-0.3, -0.25) is 10.3 Å². The van der Waals surface area contributed by atoms with E-state index < -0.39 is 0 Å². The van der Waals surface area contributed by atoms with Crippen molar-refractivity contribution in [2.45, 2.75) is 12.8 Å².